The molecule has 0 fully saturated rings. The van der Waals surface area contributed by atoms with E-state index >= 15 is 0 Å². The number of methoxy groups -OCH3 is 1. The molecule has 0 amide bonds. The van der Waals surface area contributed by atoms with Gasteiger partial charge in [0, 0.05) is 11.6 Å². The van der Waals surface area contributed by atoms with Gasteiger partial charge in [0.25, 0.3) is 0 Å². The van der Waals surface area contributed by atoms with E-state index in [9.17, 15) is 9.18 Å². The van der Waals surface area contributed by atoms with Gasteiger partial charge in [0.2, 0.25) is 0 Å². The van der Waals surface area contributed by atoms with E-state index in [4.69, 9.17) is 16.0 Å². The Kier molecular flexibility index (Phi) is 4.25. The quantitative estimate of drug-likeness (QED) is 0.625. The van der Waals surface area contributed by atoms with Crippen LogP contribution in [0.15, 0.2) is 40.8 Å². The summed E-state index contributed by atoms with van der Waals surface area (Å²) in [6, 6.07) is 7.79. The SMILES string of the molecule is COC(=O)/C=C(\C)c1ccc(-c2ccc(F)c(Cl)c2)o1. The van der Waals surface area contributed by atoms with Gasteiger partial charge in [-0.2, -0.15) is 0 Å². The number of ether oxygens (including phenoxy) is 1. The third kappa shape index (κ3) is 3.08. The number of halogens is 2. The van der Waals surface area contributed by atoms with Crippen molar-refractivity contribution in [3.63, 3.8) is 0 Å². The Morgan fingerprint density at radius 1 is 1.35 bits per heavy atom. The monoisotopic (exact) mass is 294 g/mol. The third-order valence-electron chi connectivity index (χ3n) is 2.73. The smallest absolute Gasteiger partial charge is 0.330 e. The standard InChI is InChI=1S/C15H12ClFO3/c1-9(7-15(18)19-2)13-5-6-14(20-13)10-3-4-12(17)11(16)8-10/h3-8H,1-2H3/b9-7+. The lowest BCUT2D eigenvalue weighted by Crippen LogP contribution is -1.95. The van der Waals surface area contributed by atoms with Gasteiger partial charge in [0.15, 0.2) is 0 Å². The van der Waals surface area contributed by atoms with Gasteiger partial charge < -0.3 is 9.15 Å². The lowest BCUT2D eigenvalue weighted by atomic mass is 10.2. The summed E-state index contributed by atoms with van der Waals surface area (Å²) in [6.45, 7) is 1.73. The van der Waals surface area contributed by atoms with Gasteiger partial charge in [0.05, 0.1) is 12.1 Å². The van der Waals surface area contributed by atoms with E-state index in [0.29, 0.717) is 22.7 Å². The van der Waals surface area contributed by atoms with Crippen molar-refractivity contribution in [1.29, 1.82) is 0 Å². The Hall–Kier alpha value is -2.07. The van der Waals surface area contributed by atoms with Crippen molar-refractivity contribution in [2.24, 2.45) is 0 Å². The van der Waals surface area contributed by atoms with Crippen molar-refractivity contribution in [3.8, 4) is 11.3 Å². The lowest BCUT2D eigenvalue weighted by molar-refractivity contribution is -0.134. The van der Waals surface area contributed by atoms with Crippen LogP contribution in [0.3, 0.4) is 0 Å². The molecule has 0 aliphatic rings. The second-order valence-corrected chi connectivity index (χ2v) is 4.55. The molecule has 3 nitrogen and oxygen atoms in total. The molecule has 2 aromatic rings. The molecule has 0 atom stereocenters. The van der Waals surface area contributed by atoms with Crippen molar-refractivity contribution in [3.05, 3.63) is 53.0 Å². The number of rotatable bonds is 3. The molecule has 20 heavy (non-hydrogen) atoms. The fraction of sp³-hybridized carbons (Fsp3) is 0.133. The van der Waals surface area contributed by atoms with Gasteiger partial charge in [-0.15, -0.1) is 0 Å². The first-order chi connectivity index (χ1) is 9.51. The van der Waals surface area contributed by atoms with Crippen LogP contribution >= 0.6 is 11.6 Å². The topological polar surface area (TPSA) is 39.4 Å². The number of allylic oxidation sites excluding steroid dienone is 1. The minimum Gasteiger partial charge on any atom is -0.466 e. The van der Waals surface area contributed by atoms with Crippen molar-refractivity contribution in [2.75, 3.05) is 7.11 Å². The first-order valence-corrected chi connectivity index (χ1v) is 6.21. The lowest BCUT2D eigenvalue weighted by Gasteiger charge is -2.00. The number of carbonyl (C=O) groups excluding carboxylic acids is 1. The molecular weight excluding hydrogens is 283 g/mol. The molecule has 5 heteroatoms. The molecule has 0 N–H and O–H groups in total. The average molecular weight is 295 g/mol. The molecule has 104 valence electrons. The van der Waals surface area contributed by atoms with E-state index in [0.717, 1.165) is 0 Å². The summed E-state index contributed by atoms with van der Waals surface area (Å²) in [4.78, 5) is 11.2. The van der Waals surface area contributed by atoms with Gasteiger partial charge in [-0.05, 0) is 42.8 Å². The number of carbonyl (C=O) groups is 1. The number of furan rings is 1. The highest BCUT2D eigenvalue weighted by Gasteiger charge is 2.09. The Morgan fingerprint density at radius 2 is 2.10 bits per heavy atom. The molecule has 0 saturated heterocycles. The summed E-state index contributed by atoms with van der Waals surface area (Å²) in [7, 11) is 1.31. The molecule has 0 spiro atoms. The minimum absolute atomic E-state index is 0.0299. The maximum atomic E-state index is 13.1. The fourth-order valence-corrected chi connectivity index (χ4v) is 1.84. The Labute approximate surface area is 120 Å². The molecule has 0 aliphatic heterocycles. The molecule has 0 bridgehead atoms. The zero-order chi connectivity index (χ0) is 14.7. The maximum absolute atomic E-state index is 13.1. The van der Waals surface area contributed by atoms with Crippen molar-refractivity contribution in [2.45, 2.75) is 6.92 Å². The summed E-state index contributed by atoms with van der Waals surface area (Å²) in [6.07, 6.45) is 1.33. The minimum atomic E-state index is -0.482. The van der Waals surface area contributed by atoms with Gasteiger partial charge >= 0.3 is 5.97 Å². The highest BCUT2D eigenvalue weighted by molar-refractivity contribution is 6.31. The highest BCUT2D eigenvalue weighted by Crippen LogP contribution is 2.28. The maximum Gasteiger partial charge on any atom is 0.330 e. The number of esters is 1. The van der Waals surface area contributed by atoms with Crippen LogP contribution in [0.25, 0.3) is 16.9 Å². The molecular formula is C15H12ClFO3. The Balaban J connectivity index is 2.31. The molecule has 0 saturated carbocycles. The Bertz CT molecular complexity index is 674. The largest absolute Gasteiger partial charge is 0.466 e. The highest BCUT2D eigenvalue weighted by atomic mass is 35.5. The van der Waals surface area contributed by atoms with Crippen LogP contribution < -0.4 is 0 Å². The molecule has 0 radical (unpaired) electrons. The van der Waals surface area contributed by atoms with Gasteiger partial charge in [-0.1, -0.05) is 11.6 Å². The predicted molar refractivity (Wildman–Crippen MR) is 74.8 cm³/mol. The fourth-order valence-electron chi connectivity index (χ4n) is 1.66. The van der Waals surface area contributed by atoms with Crippen LogP contribution in [0.5, 0.6) is 0 Å². The average Bonchev–Trinajstić information content (AvgIpc) is 2.91. The zero-order valence-electron chi connectivity index (χ0n) is 10.9. The molecule has 1 heterocycles. The van der Waals surface area contributed by atoms with Crippen molar-refractivity contribution < 1.29 is 18.3 Å². The van der Waals surface area contributed by atoms with E-state index in [-0.39, 0.29) is 5.02 Å². The second-order valence-electron chi connectivity index (χ2n) is 4.14. The van der Waals surface area contributed by atoms with E-state index < -0.39 is 11.8 Å². The van der Waals surface area contributed by atoms with E-state index in [1.54, 1.807) is 25.1 Å². The molecule has 2 rings (SSSR count). The van der Waals surface area contributed by atoms with Crippen LogP contribution in [-0.4, -0.2) is 13.1 Å². The molecule has 1 aromatic heterocycles. The predicted octanol–water partition coefficient (Wildman–Crippen LogP) is 4.32. The Morgan fingerprint density at radius 3 is 2.75 bits per heavy atom. The number of hydrogen-bond acceptors (Lipinski definition) is 3. The first-order valence-electron chi connectivity index (χ1n) is 5.83. The van der Waals surface area contributed by atoms with Crippen LogP contribution in [0.2, 0.25) is 5.02 Å². The summed E-state index contributed by atoms with van der Waals surface area (Å²) in [5, 5.41) is 0.0299. The summed E-state index contributed by atoms with van der Waals surface area (Å²) in [5.41, 5.74) is 1.30. The summed E-state index contributed by atoms with van der Waals surface area (Å²) >= 11 is 5.73. The van der Waals surface area contributed by atoms with Crippen LogP contribution in [0.4, 0.5) is 4.39 Å². The van der Waals surface area contributed by atoms with E-state index in [1.807, 2.05) is 0 Å². The van der Waals surface area contributed by atoms with Crippen molar-refractivity contribution >= 4 is 23.1 Å². The first kappa shape index (κ1) is 14.3. The van der Waals surface area contributed by atoms with Crippen LogP contribution in [0.1, 0.15) is 12.7 Å². The third-order valence-corrected chi connectivity index (χ3v) is 3.02. The van der Waals surface area contributed by atoms with Gasteiger partial charge in [0.1, 0.15) is 17.3 Å². The second kappa shape index (κ2) is 5.92. The molecule has 1 aromatic carbocycles. The summed E-state index contributed by atoms with van der Waals surface area (Å²) in [5.74, 6) is 0.139. The van der Waals surface area contributed by atoms with Crippen LogP contribution in [0, 0.1) is 5.82 Å². The summed E-state index contributed by atoms with van der Waals surface area (Å²) < 4.78 is 23.3. The van der Waals surface area contributed by atoms with E-state index in [1.165, 1.54) is 25.3 Å². The van der Waals surface area contributed by atoms with E-state index in [2.05, 4.69) is 4.74 Å². The van der Waals surface area contributed by atoms with Crippen molar-refractivity contribution in [1.82, 2.24) is 0 Å². The zero-order valence-corrected chi connectivity index (χ0v) is 11.7. The normalized spacial score (nSPS) is 11.5. The molecule has 0 unspecified atom stereocenters. The van der Waals surface area contributed by atoms with Gasteiger partial charge in [-0.25, -0.2) is 9.18 Å². The van der Waals surface area contributed by atoms with Gasteiger partial charge in [-0.3, -0.25) is 0 Å². The number of hydrogen-bond donors (Lipinski definition) is 0. The van der Waals surface area contributed by atoms with Crippen LogP contribution in [-0.2, 0) is 9.53 Å². The molecule has 0 aliphatic carbocycles. The number of benzene rings is 1.